The van der Waals surface area contributed by atoms with E-state index in [1.807, 2.05) is 42.3 Å². The second-order valence-corrected chi connectivity index (χ2v) is 6.74. The predicted octanol–water partition coefficient (Wildman–Crippen LogP) is 2.98. The Labute approximate surface area is 134 Å². The minimum Gasteiger partial charge on any atom is -0.367 e. The highest BCUT2D eigenvalue weighted by molar-refractivity contribution is 7.09. The second kappa shape index (κ2) is 6.58. The number of amides is 1. The minimum atomic E-state index is -0.0499. The number of rotatable bonds is 3. The summed E-state index contributed by atoms with van der Waals surface area (Å²) < 4.78 is 6.00. The quantitative estimate of drug-likeness (QED) is 0.874. The lowest BCUT2D eigenvalue weighted by Gasteiger charge is -2.37. The molecule has 1 aliphatic rings. The molecular weight excluding hydrogens is 296 g/mol. The van der Waals surface area contributed by atoms with E-state index < -0.39 is 0 Å². The molecule has 0 radical (unpaired) electrons. The van der Waals surface area contributed by atoms with Crippen LogP contribution in [0.4, 0.5) is 0 Å². The fraction of sp³-hybridized carbons (Fsp3) is 0.412. The highest BCUT2D eigenvalue weighted by atomic mass is 32.1. The molecule has 116 valence electrons. The van der Waals surface area contributed by atoms with Crippen molar-refractivity contribution in [1.29, 1.82) is 0 Å². The molecule has 0 unspecified atom stereocenters. The summed E-state index contributed by atoms with van der Waals surface area (Å²) in [7, 11) is 0. The van der Waals surface area contributed by atoms with Crippen LogP contribution in [-0.2, 0) is 16.0 Å². The molecule has 2 heterocycles. The molecule has 1 amide bonds. The number of hydrogen-bond acceptors (Lipinski definition) is 4. The first kappa shape index (κ1) is 15.2. The van der Waals surface area contributed by atoms with Crippen LogP contribution in [-0.4, -0.2) is 35.0 Å². The van der Waals surface area contributed by atoms with Crippen molar-refractivity contribution in [1.82, 2.24) is 9.88 Å². The van der Waals surface area contributed by atoms with Gasteiger partial charge in [-0.2, -0.15) is 0 Å². The molecule has 2 atom stereocenters. The lowest BCUT2D eigenvalue weighted by atomic mass is 10.1. The van der Waals surface area contributed by atoms with Crippen molar-refractivity contribution in [3.63, 3.8) is 0 Å². The molecule has 0 bridgehead atoms. The summed E-state index contributed by atoms with van der Waals surface area (Å²) in [6, 6.07) is 10.1. The van der Waals surface area contributed by atoms with Gasteiger partial charge in [-0.05, 0) is 19.4 Å². The van der Waals surface area contributed by atoms with Crippen LogP contribution >= 0.6 is 11.3 Å². The highest BCUT2D eigenvalue weighted by Gasteiger charge is 2.29. The fourth-order valence-corrected chi connectivity index (χ4v) is 3.38. The maximum atomic E-state index is 12.5. The Morgan fingerprint density at radius 3 is 2.82 bits per heavy atom. The number of thiazole rings is 1. The van der Waals surface area contributed by atoms with Crippen molar-refractivity contribution in [2.24, 2.45) is 0 Å². The van der Waals surface area contributed by atoms with Gasteiger partial charge in [0.05, 0.1) is 29.8 Å². The summed E-state index contributed by atoms with van der Waals surface area (Å²) in [5.41, 5.74) is 1.99. The molecule has 0 spiro atoms. The molecule has 0 N–H and O–H groups in total. The van der Waals surface area contributed by atoms with Gasteiger partial charge in [0.15, 0.2) is 0 Å². The normalized spacial score (nSPS) is 21.8. The number of aromatic nitrogens is 1. The van der Waals surface area contributed by atoms with E-state index >= 15 is 0 Å². The number of carbonyl (C=O) groups is 1. The van der Waals surface area contributed by atoms with Crippen molar-refractivity contribution in [2.75, 3.05) is 13.1 Å². The van der Waals surface area contributed by atoms with E-state index in [1.54, 1.807) is 11.3 Å². The Kier molecular flexibility index (Phi) is 4.55. The lowest BCUT2D eigenvalue weighted by Crippen LogP contribution is -2.46. The first-order valence-corrected chi connectivity index (χ1v) is 8.39. The summed E-state index contributed by atoms with van der Waals surface area (Å²) in [6.45, 7) is 5.23. The Hall–Kier alpha value is -1.72. The zero-order valence-corrected chi connectivity index (χ0v) is 13.7. The number of nitrogens with zero attached hydrogens (tertiary/aromatic N) is 2. The van der Waals surface area contributed by atoms with Gasteiger partial charge >= 0.3 is 0 Å². The zero-order valence-electron chi connectivity index (χ0n) is 12.9. The number of benzene rings is 1. The van der Waals surface area contributed by atoms with E-state index in [-0.39, 0.29) is 18.1 Å². The van der Waals surface area contributed by atoms with Crippen LogP contribution in [0.3, 0.4) is 0 Å². The van der Waals surface area contributed by atoms with Crippen molar-refractivity contribution < 1.29 is 9.53 Å². The van der Waals surface area contributed by atoms with Gasteiger partial charge in [0.25, 0.3) is 0 Å². The van der Waals surface area contributed by atoms with Gasteiger partial charge in [-0.3, -0.25) is 4.79 Å². The van der Waals surface area contributed by atoms with E-state index in [1.165, 1.54) is 0 Å². The van der Waals surface area contributed by atoms with Crippen LogP contribution in [0.15, 0.2) is 35.7 Å². The zero-order chi connectivity index (χ0) is 15.5. The smallest absolute Gasteiger partial charge is 0.228 e. The van der Waals surface area contributed by atoms with Crippen molar-refractivity contribution in [3.05, 3.63) is 52.0 Å². The molecule has 5 heteroatoms. The van der Waals surface area contributed by atoms with Crippen LogP contribution in [0.1, 0.15) is 29.3 Å². The topological polar surface area (TPSA) is 42.4 Å². The second-order valence-electron chi connectivity index (χ2n) is 5.68. The van der Waals surface area contributed by atoms with E-state index in [0.717, 1.165) is 16.3 Å². The summed E-state index contributed by atoms with van der Waals surface area (Å²) in [5, 5.41) is 2.96. The largest absolute Gasteiger partial charge is 0.367 e. The van der Waals surface area contributed by atoms with Crippen LogP contribution in [0.25, 0.3) is 0 Å². The molecule has 0 aliphatic carbocycles. The average molecular weight is 316 g/mol. The number of ether oxygens (including phenoxy) is 1. The van der Waals surface area contributed by atoms with Gasteiger partial charge in [-0.25, -0.2) is 4.98 Å². The number of carbonyl (C=O) groups excluding carboxylic acids is 1. The Morgan fingerprint density at radius 1 is 1.36 bits per heavy atom. The minimum absolute atomic E-state index is 0.0417. The third-order valence-electron chi connectivity index (χ3n) is 3.78. The lowest BCUT2D eigenvalue weighted by molar-refractivity contribution is -0.144. The van der Waals surface area contributed by atoms with Gasteiger partial charge < -0.3 is 9.64 Å². The molecule has 22 heavy (non-hydrogen) atoms. The average Bonchev–Trinajstić information content (AvgIpc) is 2.92. The van der Waals surface area contributed by atoms with Crippen LogP contribution in [0, 0.1) is 6.92 Å². The van der Waals surface area contributed by atoms with E-state index in [4.69, 9.17) is 4.74 Å². The summed E-state index contributed by atoms with van der Waals surface area (Å²) in [4.78, 5) is 18.8. The Morgan fingerprint density at radius 2 is 2.14 bits per heavy atom. The summed E-state index contributed by atoms with van der Waals surface area (Å²) in [5.74, 6) is 0.126. The third-order valence-corrected chi connectivity index (χ3v) is 4.61. The molecule has 1 saturated heterocycles. The SMILES string of the molecule is Cc1nc(CC(=O)N2C[C@@H](C)O[C@@H](c3ccccc3)C2)cs1. The molecule has 1 aromatic carbocycles. The van der Waals surface area contributed by atoms with E-state index in [0.29, 0.717) is 19.5 Å². The maximum absolute atomic E-state index is 12.5. The van der Waals surface area contributed by atoms with Crippen molar-refractivity contribution >= 4 is 17.2 Å². The molecule has 1 aromatic heterocycles. The van der Waals surface area contributed by atoms with Crippen LogP contribution in [0.2, 0.25) is 0 Å². The maximum Gasteiger partial charge on any atom is 0.228 e. The molecular formula is C17H20N2O2S. The number of hydrogen-bond donors (Lipinski definition) is 0. The molecule has 0 saturated carbocycles. The van der Waals surface area contributed by atoms with E-state index in [9.17, 15) is 4.79 Å². The summed E-state index contributed by atoms with van der Waals surface area (Å²) >= 11 is 1.58. The fourth-order valence-electron chi connectivity index (χ4n) is 2.76. The van der Waals surface area contributed by atoms with Gasteiger partial charge in [0, 0.05) is 11.9 Å². The standard InChI is InChI=1S/C17H20N2O2S/c1-12-9-19(17(20)8-15-11-22-13(2)18-15)10-16(21-12)14-6-4-3-5-7-14/h3-7,11-12,16H,8-10H2,1-2H3/t12-,16-/m1/s1. The highest BCUT2D eigenvalue weighted by Crippen LogP contribution is 2.25. The van der Waals surface area contributed by atoms with Gasteiger partial charge in [0.2, 0.25) is 5.91 Å². The number of aryl methyl sites for hydroxylation is 1. The monoisotopic (exact) mass is 316 g/mol. The van der Waals surface area contributed by atoms with Gasteiger partial charge in [-0.15, -0.1) is 11.3 Å². The Balaban J connectivity index is 1.69. The molecule has 2 aromatic rings. The third kappa shape index (κ3) is 3.54. The molecule has 1 fully saturated rings. The van der Waals surface area contributed by atoms with Gasteiger partial charge in [-0.1, -0.05) is 30.3 Å². The van der Waals surface area contributed by atoms with Crippen LogP contribution in [0.5, 0.6) is 0 Å². The van der Waals surface area contributed by atoms with E-state index in [2.05, 4.69) is 17.1 Å². The first-order valence-electron chi connectivity index (χ1n) is 7.51. The van der Waals surface area contributed by atoms with Crippen molar-refractivity contribution in [3.8, 4) is 0 Å². The summed E-state index contributed by atoms with van der Waals surface area (Å²) in [6.07, 6.45) is 0.365. The molecule has 1 aliphatic heterocycles. The molecule has 3 rings (SSSR count). The number of morpholine rings is 1. The van der Waals surface area contributed by atoms with Gasteiger partial charge in [0.1, 0.15) is 6.10 Å². The Bertz CT molecular complexity index is 641. The first-order chi connectivity index (χ1) is 10.6. The predicted molar refractivity (Wildman–Crippen MR) is 86.9 cm³/mol. The van der Waals surface area contributed by atoms with Crippen LogP contribution < -0.4 is 0 Å². The van der Waals surface area contributed by atoms with Crippen molar-refractivity contribution in [2.45, 2.75) is 32.5 Å². The molecule has 4 nitrogen and oxygen atoms in total.